The van der Waals surface area contributed by atoms with E-state index in [1.807, 2.05) is 0 Å². The minimum absolute atomic E-state index is 0.281. The molecule has 5 nitrogen and oxygen atoms in total. The standard InChI is InChI=1S/C9H20N2O3S/c1-9(12)8-10-2-3-11-4-6-15(13,14)7-5-11/h9-10,12H,2-8H2,1H3. The van der Waals surface area contributed by atoms with E-state index >= 15 is 0 Å². The van der Waals surface area contributed by atoms with Gasteiger partial charge in [-0.05, 0) is 6.92 Å². The average Bonchev–Trinajstić information content (AvgIpc) is 2.14. The number of hydrogen-bond acceptors (Lipinski definition) is 5. The Bertz CT molecular complexity index is 263. The van der Waals surface area contributed by atoms with Crippen molar-refractivity contribution in [2.75, 3.05) is 44.2 Å². The van der Waals surface area contributed by atoms with Crippen LogP contribution in [-0.4, -0.2) is 68.8 Å². The first-order chi connectivity index (χ1) is 6.99. The highest BCUT2D eigenvalue weighted by Gasteiger charge is 2.20. The first kappa shape index (κ1) is 12.9. The number of hydrogen-bond donors (Lipinski definition) is 2. The van der Waals surface area contributed by atoms with Crippen LogP contribution in [0.3, 0.4) is 0 Å². The predicted molar refractivity (Wildman–Crippen MR) is 59.6 cm³/mol. The number of sulfone groups is 1. The molecule has 15 heavy (non-hydrogen) atoms. The fourth-order valence-corrected chi connectivity index (χ4v) is 2.80. The predicted octanol–water partition coefficient (Wildman–Crippen LogP) is -1.31. The third-order valence-corrected chi connectivity index (χ3v) is 4.09. The van der Waals surface area contributed by atoms with Gasteiger partial charge in [-0.3, -0.25) is 0 Å². The Kier molecular flexibility index (Phi) is 4.98. The second-order valence-corrected chi connectivity index (χ2v) is 6.35. The zero-order valence-corrected chi connectivity index (χ0v) is 9.96. The van der Waals surface area contributed by atoms with Crippen LogP contribution in [0.4, 0.5) is 0 Å². The monoisotopic (exact) mass is 236 g/mol. The molecule has 1 fully saturated rings. The van der Waals surface area contributed by atoms with Gasteiger partial charge < -0.3 is 15.3 Å². The van der Waals surface area contributed by atoms with Crippen LogP contribution < -0.4 is 5.32 Å². The van der Waals surface area contributed by atoms with Gasteiger partial charge in [0.05, 0.1) is 17.6 Å². The van der Waals surface area contributed by atoms with Crippen LogP contribution in [-0.2, 0) is 9.84 Å². The number of nitrogens with zero attached hydrogens (tertiary/aromatic N) is 1. The number of nitrogens with one attached hydrogen (secondary N) is 1. The number of aliphatic hydroxyl groups is 1. The molecule has 90 valence electrons. The van der Waals surface area contributed by atoms with E-state index in [2.05, 4.69) is 10.2 Å². The smallest absolute Gasteiger partial charge is 0.152 e. The Labute approximate surface area is 91.4 Å². The summed E-state index contributed by atoms with van der Waals surface area (Å²) < 4.78 is 22.3. The largest absolute Gasteiger partial charge is 0.392 e. The summed E-state index contributed by atoms with van der Waals surface area (Å²) in [5, 5.41) is 12.1. The highest BCUT2D eigenvalue weighted by molar-refractivity contribution is 7.91. The molecule has 1 atom stereocenters. The van der Waals surface area contributed by atoms with Crippen molar-refractivity contribution < 1.29 is 13.5 Å². The molecule has 0 aromatic heterocycles. The van der Waals surface area contributed by atoms with Crippen molar-refractivity contribution in [2.24, 2.45) is 0 Å². The van der Waals surface area contributed by atoms with Gasteiger partial charge in [0.25, 0.3) is 0 Å². The van der Waals surface area contributed by atoms with E-state index in [0.29, 0.717) is 19.6 Å². The van der Waals surface area contributed by atoms with Gasteiger partial charge in [0.15, 0.2) is 9.84 Å². The van der Waals surface area contributed by atoms with Gasteiger partial charge in [-0.2, -0.15) is 0 Å². The van der Waals surface area contributed by atoms with Crippen molar-refractivity contribution in [3.8, 4) is 0 Å². The Balaban J connectivity index is 2.09. The van der Waals surface area contributed by atoms with Crippen LogP contribution in [0.1, 0.15) is 6.92 Å². The van der Waals surface area contributed by atoms with Gasteiger partial charge in [-0.1, -0.05) is 0 Å². The molecule has 1 saturated heterocycles. The van der Waals surface area contributed by atoms with E-state index in [4.69, 9.17) is 5.11 Å². The molecule has 6 heteroatoms. The molecule has 0 aromatic rings. The third kappa shape index (κ3) is 5.46. The molecular weight excluding hydrogens is 216 g/mol. The summed E-state index contributed by atoms with van der Waals surface area (Å²) in [6.07, 6.45) is -0.327. The van der Waals surface area contributed by atoms with Crippen molar-refractivity contribution in [1.29, 1.82) is 0 Å². The van der Waals surface area contributed by atoms with Gasteiger partial charge in [0, 0.05) is 32.7 Å². The van der Waals surface area contributed by atoms with Gasteiger partial charge in [0.1, 0.15) is 0 Å². The molecule has 1 aliphatic rings. The lowest BCUT2D eigenvalue weighted by Gasteiger charge is -2.26. The molecule has 0 aliphatic carbocycles. The van der Waals surface area contributed by atoms with E-state index < -0.39 is 9.84 Å². The molecule has 0 radical (unpaired) electrons. The Hall–Kier alpha value is -0.170. The Morgan fingerprint density at radius 1 is 1.40 bits per heavy atom. The van der Waals surface area contributed by atoms with E-state index in [0.717, 1.165) is 13.1 Å². The van der Waals surface area contributed by atoms with Crippen LogP contribution in [0, 0.1) is 0 Å². The van der Waals surface area contributed by atoms with Gasteiger partial charge >= 0.3 is 0 Å². The normalized spacial score (nSPS) is 23.9. The zero-order valence-electron chi connectivity index (χ0n) is 9.15. The van der Waals surface area contributed by atoms with Crippen molar-refractivity contribution in [1.82, 2.24) is 10.2 Å². The summed E-state index contributed by atoms with van der Waals surface area (Å²) in [7, 11) is -2.76. The van der Waals surface area contributed by atoms with Crippen molar-refractivity contribution in [2.45, 2.75) is 13.0 Å². The van der Waals surface area contributed by atoms with Crippen LogP contribution >= 0.6 is 0 Å². The van der Waals surface area contributed by atoms with E-state index in [9.17, 15) is 8.42 Å². The van der Waals surface area contributed by atoms with E-state index in [1.54, 1.807) is 6.92 Å². The summed E-state index contributed by atoms with van der Waals surface area (Å²) >= 11 is 0. The zero-order chi connectivity index (χ0) is 11.3. The average molecular weight is 236 g/mol. The fraction of sp³-hybridized carbons (Fsp3) is 1.00. The molecular formula is C9H20N2O3S. The summed E-state index contributed by atoms with van der Waals surface area (Å²) in [6, 6.07) is 0. The second kappa shape index (κ2) is 5.79. The maximum Gasteiger partial charge on any atom is 0.152 e. The van der Waals surface area contributed by atoms with Crippen molar-refractivity contribution >= 4 is 9.84 Å². The molecule has 1 heterocycles. The summed E-state index contributed by atoms with van der Waals surface area (Å²) in [4.78, 5) is 2.14. The molecule has 0 aromatic carbocycles. The molecule has 0 spiro atoms. The van der Waals surface area contributed by atoms with E-state index in [-0.39, 0.29) is 17.6 Å². The molecule has 0 amide bonds. The lowest BCUT2D eigenvalue weighted by Crippen LogP contribution is -2.43. The van der Waals surface area contributed by atoms with Crippen LogP contribution in [0.25, 0.3) is 0 Å². The number of rotatable bonds is 5. The maximum absolute atomic E-state index is 11.1. The maximum atomic E-state index is 11.1. The highest BCUT2D eigenvalue weighted by atomic mass is 32.2. The van der Waals surface area contributed by atoms with E-state index in [1.165, 1.54) is 0 Å². The first-order valence-corrected chi connectivity index (χ1v) is 7.13. The molecule has 0 bridgehead atoms. The van der Waals surface area contributed by atoms with Crippen LogP contribution in [0.5, 0.6) is 0 Å². The van der Waals surface area contributed by atoms with Gasteiger partial charge in [-0.25, -0.2) is 8.42 Å². The molecule has 1 unspecified atom stereocenters. The van der Waals surface area contributed by atoms with Crippen LogP contribution in [0.2, 0.25) is 0 Å². The lowest BCUT2D eigenvalue weighted by molar-refractivity contribution is 0.188. The van der Waals surface area contributed by atoms with Crippen molar-refractivity contribution in [3.63, 3.8) is 0 Å². The van der Waals surface area contributed by atoms with Gasteiger partial charge in [0.2, 0.25) is 0 Å². The number of aliphatic hydroxyl groups excluding tert-OH is 1. The minimum atomic E-state index is -2.76. The quantitative estimate of drug-likeness (QED) is 0.580. The molecule has 2 N–H and O–H groups in total. The topological polar surface area (TPSA) is 69.6 Å². The molecule has 1 aliphatic heterocycles. The third-order valence-electron chi connectivity index (χ3n) is 2.48. The summed E-state index contributed by atoms with van der Waals surface area (Å²) in [5.41, 5.74) is 0. The summed E-state index contributed by atoms with van der Waals surface area (Å²) in [6.45, 7) is 5.25. The van der Waals surface area contributed by atoms with Crippen LogP contribution in [0.15, 0.2) is 0 Å². The Morgan fingerprint density at radius 3 is 2.53 bits per heavy atom. The molecule has 0 saturated carbocycles. The van der Waals surface area contributed by atoms with Crippen molar-refractivity contribution in [3.05, 3.63) is 0 Å². The lowest BCUT2D eigenvalue weighted by atomic mass is 10.4. The second-order valence-electron chi connectivity index (χ2n) is 4.05. The van der Waals surface area contributed by atoms with Gasteiger partial charge in [-0.15, -0.1) is 0 Å². The minimum Gasteiger partial charge on any atom is -0.392 e. The Morgan fingerprint density at radius 2 is 2.00 bits per heavy atom. The highest BCUT2D eigenvalue weighted by Crippen LogP contribution is 2.02. The summed E-state index contributed by atoms with van der Waals surface area (Å²) in [5.74, 6) is 0.562. The SMILES string of the molecule is CC(O)CNCCN1CCS(=O)(=O)CC1. The fourth-order valence-electron chi connectivity index (χ4n) is 1.52. The molecule has 1 rings (SSSR count). The first-order valence-electron chi connectivity index (χ1n) is 5.31.